The Morgan fingerprint density at radius 1 is 1.27 bits per heavy atom. The third-order valence-electron chi connectivity index (χ3n) is 2.88. The van der Waals surface area contributed by atoms with Crippen molar-refractivity contribution in [3.05, 3.63) is 0 Å². The van der Waals surface area contributed by atoms with Gasteiger partial charge in [0.1, 0.15) is 0 Å². The molecule has 90 valence electrons. The van der Waals surface area contributed by atoms with Crippen molar-refractivity contribution in [2.24, 2.45) is 0 Å². The van der Waals surface area contributed by atoms with Gasteiger partial charge in [-0.1, -0.05) is 13.3 Å². The summed E-state index contributed by atoms with van der Waals surface area (Å²) in [5.41, 5.74) is 0.0341. The molecule has 0 radical (unpaired) electrons. The highest BCUT2D eigenvalue weighted by Crippen LogP contribution is 2.19. The summed E-state index contributed by atoms with van der Waals surface area (Å²) in [4.78, 5) is 0. The number of piperidine rings is 1. The molecular formula is C12H25NO2. The first-order valence-electron chi connectivity index (χ1n) is 6.19. The fourth-order valence-electron chi connectivity index (χ4n) is 1.85. The summed E-state index contributed by atoms with van der Waals surface area (Å²) in [6.07, 6.45) is 4.73. The van der Waals surface area contributed by atoms with Crippen LogP contribution in [0.4, 0.5) is 0 Å². The molecule has 0 saturated carbocycles. The van der Waals surface area contributed by atoms with Crippen molar-refractivity contribution in [2.75, 3.05) is 32.9 Å². The molecule has 0 aromatic carbocycles. The van der Waals surface area contributed by atoms with Gasteiger partial charge in [-0.2, -0.15) is 0 Å². The fourth-order valence-corrected chi connectivity index (χ4v) is 1.85. The Morgan fingerprint density at radius 2 is 2.13 bits per heavy atom. The maximum absolute atomic E-state index is 5.86. The number of hydrogen-bond acceptors (Lipinski definition) is 3. The Labute approximate surface area is 93.5 Å². The third kappa shape index (κ3) is 5.50. The normalized spacial score (nSPS) is 26.8. The number of rotatable bonds is 7. The highest BCUT2D eigenvalue weighted by atomic mass is 16.5. The van der Waals surface area contributed by atoms with Crippen LogP contribution in [-0.4, -0.2) is 38.5 Å². The zero-order chi connectivity index (χ0) is 11.0. The Balaban J connectivity index is 1.98. The van der Waals surface area contributed by atoms with Gasteiger partial charge in [-0.3, -0.25) is 0 Å². The molecule has 0 aromatic heterocycles. The average Bonchev–Trinajstić information content (AvgIpc) is 2.24. The van der Waals surface area contributed by atoms with E-state index in [0.717, 1.165) is 45.8 Å². The van der Waals surface area contributed by atoms with Gasteiger partial charge in [-0.05, 0) is 32.7 Å². The summed E-state index contributed by atoms with van der Waals surface area (Å²) in [5, 5.41) is 3.37. The van der Waals surface area contributed by atoms with E-state index in [1.807, 2.05) is 0 Å². The lowest BCUT2D eigenvalue weighted by molar-refractivity contribution is -0.0681. The van der Waals surface area contributed by atoms with Crippen molar-refractivity contribution >= 4 is 0 Å². The molecule has 1 unspecified atom stereocenters. The highest BCUT2D eigenvalue weighted by Gasteiger charge is 2.26. The van der Waals surface area contributed by atoms with Crippen LogP contribution >= 0.6 is 0 Å². The second-order valence-corrected chi connectivity index (χ2v) is 4.54. The zero-order valence-corrected chi connectivity index (χ0v) is 10.2. The molecule has 3 nitrogen and oxygen atoms in total. The first-order chi connectivity index (χ1) is 7.27. The number of unbranched alkanes of at least 4 members (excludes halogenated alkanes) is 1. The predicted octanol–water partition coefficient (Wildman–Crippen LogP) is 1.96. The van der Waals surface area contributed by atoms with Gasteiger partial charge >= 0.3 is 0 Å². The molecule has 0 spiro atoms. The van der Waals surface area contributed by atoms with Crippen molar-refractivity contribution in [3.63, 3.8) is 0 Å². The van der Waals surface area contributed by atoms with Gasteiger partial charge in [0, 0.05) is 13.2 Å². The minimum atomic E-state index is 0.0341. The van der Waals surface area contributed by atoms with E-state index < -0.39 is 0 Å². The summed E-state index contributed by atoms with van der Waals surface area (Å²) >= 11 is 0. The summed E-state index contributed by atoms with van der Waals surface area (Å²) in [6.45, 7) is 8.79. The maximum atomic E-state index is 5.86. The van der Waals surface area contributed by atoms with Gasteiger partial charge in [-0.25, -0.2) is 0 Å². The van der Waals surface area contributed by atoms with Gasteiger partial charge < -0.3 is 14.8 Å². The lowest BCUT2D eigenvalue weighted by atomic mass is 9.96. The molecular weight excluding hydrogens is 190 g/mol. The lowest BCUT2D eigenvalue weighted by Gasteiger charge is -2.34. The molecule has 1 aliphatic rings. The van der Waals surface area contributed by atoms with Gasteiger partial charge in [-0.15, -0.1) is 0 Å². The number of ether oxygens (including phenoxy) is 2. The van der Waals surface area contributed by atoms with E-state index in [4.69, 9.17) is 9.47 Å². The topological polar surface area (TPSA) is 30.5 Å². The predicted molar refractivity (Wildman–Crippen MR) is 62.2 cm³/mol. The van der Waals surface area contributed by atoms with Crippen LogP contribution in [0.3, 0.4) is 0 Å². The Kier molecular flexibility index (Phi) is 6.22. The second-order valence-electron chi connectivity index (χ2n) is 4.54. The molecule has 15 heavy (non-hydrogen) atoms. The van der Waals surface area contributed by atoms with Crippen molar-refractivity contribution in [2.45, 2.75) is 45.1 Å². The fraction of sp³-hybridized carbons (Fsp3) is 1.00. The zero-order valence-electron chi connectivity index (χ0n) is 10.2. The average molecular weight is 215 g/mol. The third-order valence-corrected chi connectivity index (χ3v) is 2.88. The van der Waals surface area contributed by atoms with Crippen molar-refractivity contribution in [1.29, 1.82) is 0 Å². The summed E-state index contributed by atoms with van der Waals surface area (Å²) in [7, 11) is 0. The molecule has 1 heterocycles. The van der Waals surface area contributed by atoms with Crippen LogP contribution in [-0.2, 0) is 9.47 Å². The largest absolute Gasteiger partial charge is 0.379 e. The van der Waals surface area contributed by atoms with Gasteiger partial charge in [0.15, 0.2) is 0 Å². The van der Waals surface area contributed by atoms with Crippen LogP contribution < -0.4 is 5.32 Å². The quantitative estimate of drug-likeness (QED) is 0.659. The van der Waals surface area contributed by atoms with E-state index in [9.17, 15) is 0 Å². The molecule has 1 rings (SSSR count). The molecule has 0 bridgehead atoms. The Hall–Kier alpha value is -0.120. The second kappa shape index (κ2) is 7.20. The van der Waals surface area contributed by atoms with Crippen LogP contribution in [0, 0.1) is 0 Å². The minimum Gasteiger partial charge on any atom is -0.379 e. The standard InChI is InChI=1S/C12H25NO2/c1-3-4-8-14-9-10-15-12(2)6-5-7-13-11-12/h13H,3-11H2,1-2H3. The summed E-state index contributed by atoms with van der Waals surface area (Å²) in [6, 6.07) is 0. The Morgan fingerprint density at radius 3 is 2.80 bits per heavy atom. The first-order valence-corrected chi connectivity index (χ1v) is 6.19. The molecule has 1 saturated heterocycles. The van der Waals surface area contributed by atoms with Crippen LogP contribution in [0.5, 0.6) is 0 Å². The number of nitrogens with one attached hydrogen (secondary N) is 1. The van der Waals surface area contributed by atoms with E-state index in [1.54, 1.807) is 0 Å². The van der Waals surface area contributed by atoms with E-state index >= 15 is 0 Å². The smallest absolute Gasteiger partial charge is 0.0779 e. The summed E-state index contributed by atoms with van der Waals surface area (Å²) in [5.74, 6) is 0. The molecule has 1 aliphatic heterocycles. The maximum Gasteiger partial charge on any atom is 0.0779 e. The molecule has 0 aromatic rings. The van der Waals surface area contributed by atoms with E-state index in [2.05, 4.69) is 19.2 Å². The van der Waals surface area contributed by atoms with E-state index in [0.29, 0.717) is 0 Å². The lowest BCUT2D eigenvalue weighted by Crippen LogP contribution is -2.45. The Bertz CT molecular complexity index is 156. The molecule has 0 amide bonds. The van der Waals surface area contributed by atoms with Gasteiger partial charge in [0.25, 0.3) is 0 Å². The molecule has 1 N–H and O–H groups in total. The van der Waals surface area contributed by atoms with E-state index in [-0.39, 0.29) is 5.60 Å². The summed E-state index contributed by atoms with van der Waals surface area (Å²) < 4.78 is 11.3. The molecule has 1 fully saturated rings. The SMILES string of the molecule is CCCCOCCOC1(C)CCCNC1. The van der Waals surface area contributed by atoms with Crippen molar-refractivity contribution in [1.82, 2.24) is 5.32 Å². The molecule has 1 atom stereocenters. The van der Waals surface area contributed by atoms with Gasteiger partial charge in [0.05, 0.1) is 18.8 Å². The van der Waals surface area contributed by atoms with Gasteiger partial charge in [0.2, 0.25) is 0 Å². The van der Waals surface area contributed by atoms with E-state index in [1.165, 1.54) is 12.8 Å². The molecule has 0 aliphatic carbocycles. The molecule has 3 heteroatoms. The van der Waals surface area contributed by atoms with Crippen LogP contribution in [0.1, 0.15) is 39.5 Å². The first kappa shape index (κ1) is 12.9. The van der Waals surface area contributed by atoms with Crippen LogP contribution in [0.2, 0.25) is 0 Å². The van der Waals surface area contributed by atoms with Crippen LogP contribution in [0.25, 0.3) is 0 Å². The minimum absolute atomic E-state index is 0.0341. The highest BCUT2D eigenvalue weighted by molar-refractivity contribution is 4.82. The van der Waals surface area contributed by atoms with Crippen molar-refractivity contribution in [3.8, 4) is 0 Å². The monoisotopic (exact) mass is 215 g/mol. The number of hydrogen-bond donors (Lipinski definition) is 1. The van der Waals surface area contributed by atoms with Crippen molar-refractivity contribution < 1.29 is 9.47 Å². The van der Waals surface area contributed by atoms with Crippen LogP contribution in [0.15, 0.2) is 0 Å².